The summed E-state index contributed by atoms with van der Waals surface area (Å²) in [5, 5.41) is 10.9. The van der Waals surface area contributed by atoms with Gasteiger partial charge in [-0.3, -0.25) is 9.69 Å². The van der Waals surface area contributed by atoms with Gasteiger partial charge in [-0.25, -0.2) is 4.98 Å². The van der Waals surface area contributed by atoms with E-state index in [2.05, 4.69) is 4.98 Å². The summed E-state index contributed by atoms with van der Waals surface area (Å²) < 4.78 is 40.2. The normalized spacial score (nSPS) is 16.1. The number of thiocarbonyl (C=S) groups is 1. The van der Waals surface area contributed by atoms with Gasteiger partial charge in [0.15, 0.2) is 10.8 Å². The van der Waals surface area contributed by atoms with Crippen molar-refractivity contribution in [2.75, 3.05) is 9.80 Å². The fraction of sp³-hybridized carbons (Fsp3) is 0.182. The first-order valence-corrected chi connectivity index (χ1v) is 9.61. The molecule has 1 amide bonds. The summed E-state index contributed by atoms with van der Waals surface area (Å²) >= 11 is 5.53. The largest absolute Gasteiger partial charge is 0.419 e. The molecule has 2 aromatic carbocycles. The molecular formula is C22H15F3N4OS. The Morgan fingerprint density at radius 1 is 1.06 bits per heavy atom. The lowest BCUT2D eigenvalue weighted by molar-refractivity contribution is -0.138. The Morgan fingerprint density at radius 2 is 1.74 bits per heavy atom. The molecule has 0 unspecified atom stereocenters. The second-order valence-corrected chi connectivity index (χ2v) is 7.91. The van der Waals surface area contributed by atoms with Gasteiger partial charge in [-0.2, -0.15) is 18.4 Å². The molecule has 1 aliphatic heterocycles. The fourth-order valence-electron chi connectivity index (χ4n) is 3.65. The van der Waals surface area contributed by atoms with E-state index in [1.165, 1.54) is 6.07 Å². The van der Waals surface area contributed by atoms with Crippen molar-refractivity contribution in [3.05, 3.63) is 66.0 Å². The van der Waals surface area contributed by atoms with Crippen molar-refractivity contribution in [1.82, 2.24) is 4.98 Å². The number of amides is 1. The first-order chi connectivity index (χ1) is 14.6. The Labute approximate surface area is 181 Å². The summed E-state index contributed by atoms with van der Waals surface area (Å²) in [6.07, 6.45) is -3.75. The van der Waals surface area contributed by atoms with Crippen LogP contribution < -0.4 is 9.80 Å². The average molecular weight is 440 g/mol. The maximum Gasteiger partial charge on any atom is 0.419 e. The molecule has 0 saturated carbocycles. The van der Waals surface area contributed by atoms with E-state index in [0.717, 1.165) is 27.9 Å². The third kappa shape index (κ3) is 3.29. The Kier molecular flexibility index (Phi) is 4.70. The molecule has 4 rings (SSSR count). The SMILES string of the molecule is CC1(C)C(=O)N(c2cnc(C#N)c(C(F)(F)F)c2)C(=S)N1c1ccc2ccccc2c1. The van der Waals surface area contributed by atoms with Crippen LogP contribution in [0.2, 0.25) is 0 Å². The highest BCUT2D eigenvalue weighted by molar-refractivity contribution is 7.81. The van der Waals surface area contributed by atoms with E-state index in [4.69, 9.17) is 17.5 Å². The number of fused-ring (bicyclic) bond motifs is 1. The van der Waals surface area contributed by atoms with Gasteiger partial charge in [-0.15, -0.1) is 0 Å². The minimum Gasteiger partial charge on any atom is -0.304 e. The molecule has 0 atom stereocenters. The fourth-order valence-corrected chi connectivity index (χ4v) is 4.18. The van der Waals surface area contributed by atoms with E-state index in [0.29, 0.717) is 5.69 Å². The molecule has 1 aliphatic rings. The lowest BCUT2D eigenvalue weighted by atomic mass is 10.0. The molecule has 3 aromatic rings. The van der Waals surface area contributed by atoms with Crippen LogP contribution in [0, 0.1) is 11.3 Å². The summed E-state index contributed by atoms with van der Waals surface area (Å²) in [7, 11) is 0. The number of carbonyl (C=O) groups excluding carboxylic acids is 1. The molecule has 2 heterocycles. The first-order valence-electron chi connectivity index (χ1n) is 9.20. The minimum absolute atomic E-state index is 0.0323. The minimum atomic E-state index is -4.80. The molecule has 0 spiro atoms. The van der Waals surface area contributed by atoms with E-state index >= 15 is 0 Å². The summed E-state index contributed by atoms with van der Waals surface area (Å²) in [6, 6.07) is 15.4. The molecule has 0 aliphatic carbocycles. The molecule has 31 heavy (non-hydrogen) atoms. The van der Waals surface area contributed by atoms with Gasteiger partial charge in [0.2, 0.25) is 0 Å². The summed E-state index contributed by atoms with van der Waals surface area (Å²) in [5.74, 6) is -0.495. The van der Waals surface area contributed by atoms with Crippen LogP contribution in [0.15, 0.2) is 54.7 Å². The number of halogens is 3. The smallest absolute Gasteiger partial charge is 0.304 e. The van der Waals surface area contributed by atoms with Crippen molar-refractivity contribution in [3.63, 3.8) is 0 Å². The zero-order valence-electron chi connectivity index (χ0n) is 16.4. The molecule has 156 valence electrons. The third-order valence-corrected chi connectivity index (χ3v) is 5.57. The quantitative estimate of drug-likeness (QED) is 0.523. The number of hydrogen-bond acceptors (Lipinski definition) is 4. The molecule has 1 aromatic heterocycles. The maximum atomic E-state index is 13.4. The number of hydrogen-bond donors (Lipinski definition) is 0. The zero-order valence-corrected chi connectivity index (χ0v) is 17.3. The Morgan fingerprint density at radius 3 is 2.39 bits per heavy atom. The van der Waals surface area contributed by atoms with Crippen LogP contribution in [0.5, 0.6) is 0 Å². The van der Waals surface area contributed by atoms with E-state index in [1.54, 1.807) is 18.7 Å². The van der Waals surface area contributed by atoms with E-state index < -0.39 is 28.9 Å². The molecule has 0 bridgehead atoms. The molecule has 1 fully saturated rings. The standard InChI is InChI=1S/C22H15F3N4OS/c1-21(2)19(30)28(16-10-17(22(23,24)25)18(11-26)27-12-16)20(31)29(21)15-8-7-13-5-3-4-6-14(13)9-15/h3-10,12H,1-2H3. The lowest BCUT2D eigenvalue weighted by Crippen LogP contribution is -2.44. The number of pyridine rings is 1. The summed E-state index contributed by atoms with van der Waals surface area (Å²) in [5.41, 5.74) is -2.63. The predicted molar refractivity (Wildman–Crippen MR) is 115 cm³/mol. The maximum absolute atomic E-state index is 13.4. The number of nitriles is 1. The van der Waals surface area contributed by atoms with Gasteiger partial charge < -0.3 is 4.90 Å². The van der Waals surface area contributed by atoms with Crippen LogP contribution >= 0.6 is 12.2 Å². The van der Waals surface area contributed by atoms with E-state index in [-0.39, 0.29) is 10.8 Å². The predicted octanol–water partition coefficient (Wildman–Crippen LogP) is 5.04. The second-order valence-electron chi connectivity index (χ2n) is 7.55. The van der Waals surface area contributed by atoms with Gasteiger partial charge in [-0.1, -0.05) is 30.3 Å². The first kappa shape index (κ1) is 20.8. The van der Waals surface area contributed by atoms with Gasteiger partial charge in [-0.05, 0) is 55.0 Å². The monoisotopic (exact) mass is 440 g/mol. The molecule has 9 heteroatoms. The van der Waals surface area contributed by atoms with Gasteiger partial charge in [0.05, 0.1) is 17.4 Å². The summed E-state index contributed by atoms with van der Waals surface area (Å²) in [4.78, 5) is 19.5. The number of carbonyl (C=O) groups is 1. The van der Waals surface area contributed by atoms with Crippen LogP contribution in [-0.4, -0.2) is 21.5 Å². The number of nitrogens with zero attached hydrogens (tertiary/aromatic N) is 4. The highest BCUT2D eigenvalue weighted by Crippen LogP contribution is 2.39. The van der Waals surface area contributed by atoms with Crippen LogP contribution in [-0.2, 0) is 11.0 Å². The van der Waals surface area contributed by atoms with E-state index in [1.807, 2.05) is 42.5 Å². The molecular weight excluding hydrogens is 425 g/mol. The third-order valence-electron chi connectivity index (χ3n) is 5.20. The Bertz CT molecular complexity index is 1280. The molecule has 1 saturated heterocycles. The van der Waals surface area contributed by atoms with Crippen molar-refractivity contribution >= 4 is 45.4 Å². The van der Waals surface area contributed by atoms with Crippen LogP contribution in [0.4, 0.5) is 24.5 Å². The van der Waals surface area contributed by atoms with Gasteiger partial charge in [0, 0.05) is 5.69 Å². The average Bonchev–Trinajstić information content (AvgIpc) is 2.90. The number of alkyl halides is 3. The van der Waals surface area contributed by atoms with Crippen LogP contribution in [0.25, 0.3) is 10.8 Å². The van der Waals surface area contributed by atoms with Crippen molar-refractivity contribution in [2.45, 2.75) is 25.6 Å². The number of rotatable bonds is 2. The van der Waals surface area contributed by atoms with Gasteiger partial charge >= 0.3 is 6.18 Å². The molecule has 5 nitrogen and oxygen atoms in total. The number of benzene rings is 2. The van der Waals surface area contributed by atoms with Crippen molar-refractivity contribution < 1.29 is 18.0 Å². The van der Waals surface area contributed by atoms with Gasteiger partial charge in [0.1, 0.15) is 11.6 Å². The zero-order chi connectivity index (χ0) is 22.6. The van der Waals surface area contributed by atoms with Gasteiger partial charge in [0.25, 0.3) is 5.91 Å². The molecule has 0 N–H and O–H groups in total. The highest BCUT2D eigenvalue weighted by atomic mass is 32.1. The summed E-state index contributed by atoms with van der Waals surface area (Å²) in [6.45, 7) is 3.30. The van der Waals surface area contributed by atoms with Crippen molar-refractivity contribution in [2.24, 2.45) is 0 Å². The van der Waals surface area contributed by atoms with Crippen LogP contribution in [0.3, 0.4) is 0 Å². The molecule has 0 radical (unpaired) electrons. The van der Waals surface area contributed by atoms with Crippen molar-refractivity contribution in [3.8, 4) is 6.07 Å². The highest BCUT2D eigenvalue weighted by Gasteiger charge is 2.51. The van der Waals surface area contributed by atoms with Crippen LogP contribution in [0.1, 0.15) is 25.1 Å². The lowest BCUT2D eigenvalue weighted by Gasteiger charge is -2.29. The topological polar surface area (TPSA) is 60.2 Å². The second kappa shape index (κ2) is 7.03. The number of aromatic nitrogens is 1. The number of anilines is 2. The van der Waals surface area contributed by atoms with E-state index in [9.17, 15) is 18.0 Å². The Balaban J connectivity index is 1.82. The Hall–Kier alpha value is -3.51. The van der Waals surface area contributed by atoms with Crippen molar-refractivity contribution in [1.29, 1.82) is 5.26 Å².